The Morgan fingerprint density at radius 2 is 2.32 bits per heavy atom. The Balaban J connectivity index is 1.77. The smallest absolute Gasteiger partial charge is 0.121 e. The van der Waals surface area contributed by atoms with Crippen LogP contribution in [0.4, 0.5) is 0 Å². The summed E-state index contributed by atoms with van der Waals surface area (Å²) in [5.74, 6) is 1.93. The van der Waals surface area contributed by atoms with Crippen LogP contribution < -0.4 is 0 Å². The van der Waals surface area contributed by atoms with Crippen LogP contribution in [0.2, 0.25) is 0 Å². The molecule has 0 amide bonds. The molecule has 0 radical (unpaired) electrons. The van der Waals surface area contributed by atoms with Gasteiger partial charge in [-0.1, -0.05) is 19.9 Å². The molecule has 1 aromatic carbocycles. The van der Waals surface area contributed by atoms with Crippen LogP contribution in [-0.4, -0.2) is 28.0 Å². The van der Waals surface area contributed by atoms with Gasteiger partial charge in [0.15, 0.2) is 0 Å². The van der Waals surface area contributed by atoms with E-state index < -0.39 is 0 Å². The summed E-state index contributed by atoms with van der Waals surface area (Å²) in [6, 6.07) is 6.54. The first-order valence-electron chi connectivity index (χ1n) is 7.44. The highest BCUT2D eigenvalue weighted by Crippen LogP contribution is 2.19. The number of hydrogen-bond acceptors (Lipinski definition) is 2. The number of aromatic amines is 1. The van der Waals surface area contributed by atoms with E-state index in [4.69, 9.17) is 4.98 Å². The van der Waals surface area contributed by atoms with E-state index >= 15 is 0 Å². The lowest BCUT2D eigenvalue weighted by Crippen LogP contribution is -2.34. The second kappa shape index (κ2) is 5.33. The van der Waals surface area contributed by atoms with Crippen LogP contribution in [0, 0.1) is 5.92 Å². The topological polar surface area (TPSA) is 31.9 Å². The number of piperidine rings is 1. The van der Waals surface area contributed by atoms with Gasteiger partial charge in [-0.2, -0.15) is 0 Å². The molecule has 1 fully saturated rings. The Hall–Kier alpha value is -1.35. The lowest BCUT2D eigenvalue weighted by molar-refractivity contribution is 0.173. The molecule has 102 valence electrons. The number of nitrogens with zero attached hydrogens (tertiary/aromatic N) is 2. The second-order valence-electron chi connectivity index (χ2n) is 5.87. The number of aryl methyl sites for hydroxylation is 1. The van der Waals surface area contributed by atoms with Crippen molar-refractivity contribution < 1.29 is 0 Å². The highest BCUT2D eigenvalue weighted by atomic mass is 15.2. The minimum atomic E-state index is 0.824. The predicted molar refractivity (Wildman–Crippen MR) is 79.1 cm³/mol. The Labute approximate surface area is 115 Å². The molecule has 1 N–H and O–H groups in total. The van der Waals surface area contributed by atoms with E-state index in [1.54, 1.807) is 0 Å². The first-order valence-corrected chi connectivity index (χ1v) is 7.44. The molecule has 1 saturated heterocycles. The maximum absolute atomic E-state index is 4.71. The van der Waals surface area contributed by atoms with E-state index in [9.17, 15) is 0 Å². The van der Waals surface area contributed by atoms with Crippen molar-refractivity contribution in [2.24, 2.45) is 5.92 Å². The van der Waals surface area contributed by atoms with E-state index in [0.717, 1.165) is 30.2 Å². The van der Waals surface area contributed by atoms with Gasteiger partial charge >= 0.3 is 0 Å². The molecule has 1 unspecified atom stereocenters. The fourth-order valence-corrected chi connectivity index (χ4v) is 3.05. The number of imidazole rings is 1. The molecule has 0 bridgehead atoms. The summed E-state index contributed by atoms with van der Waals surface area (Å²) in [6.07, 6.45) is 3.77. The van der Waals surface area contributed by atoms with Gasteiger partial charge in [0.05, 0.1) is 17.6 Å². The van der Waals surface area contributed by atoms with Crippen LogP contribution in [-0.2, 0) is 13.0 Å². The number of nitrogens with one attached hydrogen (secondary N) is 1. The van der Waals surface area contributed by atoms with E-state index in [0.29, 0.717) is 0 Å². The highest BCUT2D eigenvalue weighted by molar-refractivity contribution is 5.75. The molecule has 1 aliphatic rings. The number of benzene rings is 1. The SMILES string of the molecule is CCc1ccc2nc(CN3CCCC(C)C3)[nH]c2c1. The monoisotopic (exact) mass is 257 g/mol. The van der Waals surface area contributed by atoms with Crippen molar-refractivity contribution in [3.63, 3.8) is 0 Å². The third kappa shape index (κ3) is 2.81. The molecule has 0 saturated carbocycles. The molecule has 2 aromatic rings. The largest absolute Gasteiger partial charge is 0.341 e. The lowest BCUT2D eigenvalue weighted by atomic mass is 10.0. The van der Waals surface area contributed by atoms with Crippen molar-refractivity contribution in [3.8, 4) is 0 Å². The number of aromatic nitrogens is 2. The Kier molecular flexibility index (Phi) is 3.56. The van der Waals surface area contributed by atoms with Gasteiger partial charge in [-0.05, 0) is 49.4 Å². The zero-order valence-corrected chi connectivity index (χ0v) is 11.9. The van der Waals surface area contributed by atoms with Crippen LogP contribution >= 0.6 is 0 Å². The van der Waals surface area contributed by atoms with Gasteiger partial charge in [0.1, 0.15) is 5.82 Å². The molecule has 3 nitrogen and oxygen atoms in total. The molecule has 3 rings (SSSR count). The van der Waals surface area contributed by atoms with Gasteiger partial charge in [-0.25, -0.2) is 4.98 Å². The molecule has 1 aromatic heterocycles. The van der Waals surface area contributed by atoms with Crippen molar-refractivity contribution >= 4 is 11.0 Å². The normalized spacial score (nSPS) is 21.1. The molecule has 19 heavy (non-hydrogen) atoms. The summed E-state index contributed by atoms with van der Waals surface area (Å²) in [6.45, 7) is 7.91. The van der Waals surface area contributed by atoms with Gasteiger partial charge in [0, 0.05) is 6.54 Å². The average Bonchev–Trinajstić information content (AvgIpc) is 2.79. The van der Waals surface area contributed by atoms with Gasteiger partial charge in [0.25, 0.3) is 0 Å². The van der Waals surface area contributed by atoms with Crippen LogP contribution in [0.25, 0.3) is 11.0 Å². The number of fused-ring (bicyclic) bond motifs is 1. The standard InChI is InChI=1S/C16H23N3/c1-3-13-6-7-14-15(9-13)18-16(17-14)11-19-8-4-5-12(2)10-19/h6-7,9,12H,3-5,8,10-11H2,1-2H3,(H,17,18). The summed E-state index contributed by atoms with van der Waals surface area (Å²) < 4.78 is 0. The van der Waals surface area contributed by atoms with Crippen molar-refractivity contribution in [1.82, 2.24) is 14.9 Å². The van der Waals surface area contributed by atoms with E-state index in [2.05, 4.69) is 41.9 Å². The molecular weight excluding hydrogens is 234 g/mol. The van der Waals surface area contributed by atoms with E-state index in [1.165, 1.54) is 37.0 Å². The summed E-state index contributed by atoms with van der Waals surface area (Å²) >= 11 is 0. The minimum absolute atomic E-state index is 0.824. The second-order valence-corrected chi connectivity index (χ2v) is 5.87. The van der Waals surface area contributed by atoms with Gasteiger partial charge < -0.3 is 4.98 Å². The molecule has 1 atom stereocenters. The number of likely N-dealkylation sites (tertiary alicyclic amines) is 1. The summed E-state index contributed by atoms with van der Waals surface area (Å²) in [5, 5.41) is 0. The fraction of sp³-hybridized carbons (Fsp3) is 0.562. The first kappa shape index (κ1) is 12.7. The van der Waals surface area contributed by atoms with Crippen LogP contribution in [0.3, 0.4) is 0 Å². The Bertz CT molecular complexity index is 558. The van der Waals surface area contributed by atoms with Crippen molar-refractivity contribution in [3.05, 3.63) is 29.6 Å². The molecule has 2 heterocycles. The third-order valence-electron chi connectivity index (χ3n) is 4.12. The Morgan fingerprint density at radius 1 is 1.42 bits per heavy atom. The maximum Gasteiger partial charge on any atom is 0.121 e. The van der Waals surface area contributed by atoms with Gasteiger partial charge in [0.2, 0.25) is 0 Å². The van der Waals surface area contributed by atoms with Gasteiger partial charge in [-0.15, -0.1) is 0 Å². The molecule has 0 spiro atoms. The van der Waals surface area contributed by atoms with Crippen molar-refractivity contribution in [2.75, 3.05) is 13.1 Å². The maximum atomic E-state index is 4.71. The van der Waals surface area contributed by atoms with Crippen molar-refractivity contribution in [1.29, 1.82) is 0 Å². The van der Waals surface area contributed by atoms with Crippen LogP contribution in [0.1, 0.15) is 38.1 Å². The Morgan fingerprint density at radius 3 is 3.11 bits per heavy atom. The first-order chi connectivity index (χ1) is 9.24. The fourth-order valence-electron chi connectivity index (χ4n) is 3.05. The van der Waals surface area contributed by atoms with E-state index in [-0.39, 0.29) is 0 Å². The van der Waals surface area contributed by atoms with E-state index in [1.807, 2.05) is 0 Å². The number of hydrogen-bond donors (Lipinski definition) is 1. The quantitative estimate of drug-likeness (QED) is 0.914. The number of rotatable bonds is 3. The zero-order valence-electron chi connectivity index (χ0n) is 11.9. The summed E-state index contributed by atoms with van der Waals surface area (Å²) in [5.41, 5.74) is 3.64. The molecule has 1 aliphatic heterocycles. The van der Waals surface area contributed by atoms with Crippen LogP contribution in [0.5, 0.6) is 0 Å². The highest BCUT2D eigenvalue weighted by Gasteiger charge is 2.17. The summed E-state index contributed by atoms with van der Waals surface area (Å²) in [4.78, 5) is 10.7. The van der Waals surface area contributed by atoms with Crippen molar-refractivity contribution in [2.45, 2.75) is 39.7 Å². The average molecular weight is 257 g/mol. The lowest BCUT2D eigenvalue weighted by Gasteiger charge is -2.29. The molecule has 3 heteroatoms. The minimum Gasteiger partial charge on any atom is -0.341 e. The predicted octanol–water partition coefficient (Wildman–Crippen LogP) is 3.36. The molecule has 0 aliphatic carbocycles. The van der Waals surface area contributed by atoms with Crippen LogP contribution in [0.15, 0.2) is 18.2 Å². The molecular formula is C16H23N3. The van der Waals surface area contributed by atoms with Gasteiger partial charge in [-0.3, -0.25) is 4.90 Å². The number of H-pyrrole nitrogens is 1. The third-order valence-corrected chi connectivity index (χ3v) is 4.12. The summed E-state index contributed by atoms with van der Waals surface area (Å²) in [7, 11) is 0. The zero-order chi connectivity index (χ0) is 13.2.